The number of hydrogen-bond acceptors (Lipinski definition) is 6. The zero-order valence-corrected chi connectivity index (χ0v) is 29.3. The Kier molecular flexibility index (Phi) is 7.80. The van der Waals surface area contributed by atoms with E-state index in [2.05, 4.69) is 64.6 Å². The Balaban J connectivity index is 1.14. The van der Waals surface area contributed by atoms with Crippen LogP contribution < -0.4 is 0 Å². The van der Waals surface area contributed by atoms with Crippen molar-refractivity contribution in [2.24, 2.45) is 34.0 Å². The monoisotopic (exact) mass is 646 g/mol. The fraction of sp³-hybridized carbons (Fsp3) is 0.756. The van der Waals surface area contributed by atoms with Gasteiger partial charge in [0, 0.05) is 35.7 Å². The van der Waals surface area contributed by atoms with Crippen LogP contribution in [0, 0.1) is 34.0 Å². The van der Waals surface area contributed by atoms with Crippen molar-refractivity contribution >= 4 is 5.57 Å². The molecule has 0 amide bonds. The first-order chi connectivity index (χ1) is 22.3. The molecular formula is C41H58O6. The normalized spacial score (nSPS) is 44.8. The first-order valence-corrected chi connectivity index (χ1v) is 18.7. The second-order valence-electron chi connectivity index (χ2n) is 17.9. The molecule has 2 heterocycles. The highest BCUT2D eigenvalue weighted by Crippen LogP contribution is 2.75. The van der Waals surface area contributed by atoms with Crippen LogP contribution in [0.5, 0.6) is 0 Å². The number of fused-ring (bicyclic) bond motifs is 4. The fourth-order valence-electron chi connectivity index (χ4n) is 12.1. The highest BCUT2D eigenvalue weighted by Gasteiger charge is 2.73. The molecule has 5 aliphatic carbocycles. The van der Waals surface area contributed by atoms with Gasteiger partial charge in [-0.15, -0.1) is 0 Å². The predicted molar refractivity (Wildman–Crippen MR) is 183 cm³/mol. The number of aliphatic hydroxyl groups is 2. The van der Waals surface area contributed by atoms with Crippen molar-refractivity contribution in [2.45, 2.75) is 134 Å². The Hall–Kier alpha value is -1.54. The molecule has 1 aromatic carbocycles. The molecule has 4 saturated carbocycles. The van der Waals surface area contributed by atoms with Gasteiger partial charge in [-0.05, 0) is 111 Å². The van der Waals surface area contributed by atoms with E-state index in [-0.39, 0.29) is 28.5 Å². The Morgan fingerprint density at radius 3 is 2.57 bits per heavy atom. The topological polar surface area (TPSA) is 77.4 Å². The van der Waals surface area contributed by atoms with Gasteiger partial charge in [-0.3, -0.25) is 0 Å². The van der Waals surface area contributed by atoms with E-state index in [0.29, 0.717) is 44.0 Å². The van der Waals surface area contributed by atoms with Crippen molar-refractivity contribution < 1.29 is 29.2 Å². The second-order valence-corrected chi connectivity index (χ2v) is 17.9. The summed E-state index contributed by atoms with van der Waals surface area (Å²) in [4.78, 5) is 0. The number of hydrogen-bond donors (Lipinski definition) is 2. The molecule has 2 spiro atoms. The van der Waals surface area contributed by atoms with Crippen molar-refractivity contribution in [3.05, 3.63) is 53.6 Å². The average Bonchev–Trinajstić information content (AvgIpc) is 3.31. The summed E-state index contributed by atoms with van der Waals surface area (Å²) in [7, 11) is 0. The standard InChI is InChI=1S/C41H58O6/c1-27(2)28-10-11-30-29(21-28)22-38-17-18-41(46-25-36(3,4)26-47-41)24-40(38,43)15-12-31-33-13-16-39(42,37(33,5)23-32(30)35(31)38)14-8-20-45-34-9-6-7-19-44-34/h8,10-11,14,21,31-35,42-43H,1,6-7,9,12-13,15-20,22-26H2,2-5H3/b14-8-/t31-,32?,33-,34?,35?,37-,38-,39-,40+/m0/s1. The lowest BCUT2D eigenvalue weighted by Gasteiger charge is -2.70. The van der Waals surface area contributed by atoms with Gasteiger partial charge in [-0.25, -0.2) is 0 Å². The smallest absolute Gasteiger partial charge is 0.171 e. The molecule has 6 nitrogen and oxygen atoms in total. The van der Waals surface area contributed by atoms with Crippen molar-refractivity contribution in [3.63, 3.8) is 0 Å². The van der Waals surface area contributed by atoms with E-state index >= 15 is 0 Å². The number of allylic oxidation sites excluding steroid dienone is 1. The third-order valence-corrected chi connectivity index (χ3v) is 14.6. The molecule has 0 bridgehead atoms. The molecule has 6 fully saturated rings. The van der Waals surface area contributed by atoms with Crippen molar-refractivity contribution in [1.29, 1.82) is 0 Å². The van der Waals surface area contributed by atoms with Crippen LogP contribution in [0.15, 0.2) is 36.9 Å². The van der Waals surface area contributed by atoms with E-state index in [0.717, 1.165) is 82.8 Å². The number of rotatable bonds is 5. The number of benzene rings is 1. The van der Waals surface area contributed by atoms with Crippen molar-refractivity contribution in [2.75, 3.05) is 26.4 Å². The largest absolute Gasteiger partial charge is 0.389 e. The molecule has 7 aliphatic rings. The van der Waals surface area contributed by atoms with Crippen molar-refractivity contribution in [1.82, 2.24) is 0 Å². The molecule has 0 radical (unpaired) electrons. The van der Waals surface area contributed by atoms with Crippen LogP contribution in [0.25, 0.3) is 5.57 Å². The number of ether oxygens (including phenoxy) is 4. The molecule has 1 aromatic rings. The van der Waals surface area contributed by atoms with E-state index in [4.69, 9.17) is 18.9 Å². The van der Waals surface area contributed by atoms with E-state index in [1.807, 2.05) is 0 Å². The van der Waals surface area contributed by atoms with Gasteiger partial charge < -0.3 is 29.2 Å². The summed E-state index contributed by atoms with van der Waals surface area (Å²) in [5.74, 6) is 0.838. The van der Waals surface area contributed by atoms with E-state index in [1.165, 1.54) is 16.7 Å². The molecule has 8 rings (SSSR count). The zero-order chi connectivity index (χ0) is 32.9. The Morgan fingerprint density at radius 2 is 1.83 bits per heavy atom. The molecule has 6 heteroatoms. The Bertz CT molecular complexity index is 1420. The maximum absolute atomic E-state index is 13.1. The summed E-state index contributed by atoms with van der Waals surface area (Å²) in [6.45, 7) is 15.7. The van der Waals surface area contributed by atoms with E-state index in [9.17, 15) is 10.2 Å². The van der Waals surface area contributed by atoms with Crippen LogP contribution in [0.3, 0.4) is 0 Å². The van der Waals surface area contributed by atoms with Crippen LogP contribution in [-0.4, -0.2) is 59.9 Å². The highest BCUT2D eigenvalue weighted by molar-refractivity contribution is 5.63. The van der Waals surface area contributed by atoms with Crippen LogP contribution in [-0.2, 0) is 25.4 Å². The molecule has 2 aliphatic heterocycles. The molecule has 47 heavy (non-hydrogen) atoms. The van der Waals surface area contributed by atoms with Gasteiger partial charge in [0.25, 0.3) is 0 Å². The predicted octanol–water partition coefficient (Wildman–Crippen LogP) is 7.71. The van der Waals surface area contributed by atoms with Gasteiger partial charge in [0.1, 0.15) is 0 Å². The molecule has 3 unspecified atom stereocenters. The minimum absolute atomic E-state index is 0.00813. The molecule has 258 valence electrons. The summed E-state index contributed by atoms with van der Waals surface area (Å²) < 4.78 is 25.0. The van der Waals surface area contributed by atoms with E-state index in [1.54, 1.807) is 0 Å². The van der Waals surface area contributed by atoms with Crippen LogP contribution in [0.4, 0.5) is 0 Å². The summed E-state index contributed by atoms with van der Waals surface area (Å²) in [5, 5.41) is 25.6. The maximum Gasteiger partial charge on any atom is 0.171 e. The molecule has 9 atom stereocenters. The molecular weight excluding hydrogens is 588 g/mol. The van der Waals surface area contributed by atoms with Crippen molar-refractivity contribution in [3.8, 4) is 0 Å². The third-order valence-electron chi connectivity index (χ3n) is 14.6. The first kappa shape index (κ1) is 32.7. The second kappa shape index (κ2) is 11.2. The van der Waals surface area contributed by atoms with Gasteiger partial charge in [-0.2, -0.15) is 0 Å². The first-order valence-electron chi connectivity index (χ1n) is 18.7. The SMILES string of the molecule is C=C(C)c1ccc2c(c1)C[C@]13CCC4(C[C@]1(O)CC[C@@H]1C3C2C[C@@]2(C)[C@H]1CC[C@@]2(O)/C=C\COC1CCCCO1)OCC(C)(C)CO4. The van der Waals surface area contributed by atoms with Gasteiger partial charge in [0.2, 0.25) is 0 Å². The lowest BCUT2D eigenvalue weighted by atomic mass is 9.36. The quantitative estimate of drug-likeness (QED) is 0.319. The lowest BCUT2D eigenvalue weighted by molar-refractivity contribution is -0.358. The van der Waals surface area contributed by atoms with Crippen LogP contribution >= 0.6 is 0 Å². The Labute approximate surface area is 282 Å². The molecule has 0 aromatic heterocycles. The van der Waals surface area contributed by atoms with Gasteiger partial charge in [0.05, 0.1) is 31.0 Å². The van der Waals surface area contributed by atoms with E-state index < -0.39 is 17.0 Å². The van der Waals surface area contributed by atoms with Crippen LogP contribution in [0.2, 0.25) is 0 Å². The summed E-state index contributed by atoms with van der Waals surface area (Å²) in [5.41, 5.74) is 2.81. The summed E-state index contributed by atoms with van der Waals surface area (Å²) in [6, 6.07) is 6.99. The lowest BCUT2D eigenvalue weighted by Crippen LogP contribution is -2.70. The van der Waals surface area contributed by atoms with Gasteiger partial charge in [-0.1, -0.05) is 63.3 Å². The zero-order valence-electron chi connectivity index (χ0n) is 29.3. The molecule has 2 saturated heterocycles. The average molecular weight is 647 g/mol. The van der Waals surface area contributed by atoms with Gasteiger partial charge in [0.15, 0.2) is 12.1 Å². The fourth-order valence-corrected chi connectivity index (χ4v) is 12.1. The minimum atomic E-state index is -0.886. The van der Waals surface area contributed by atoms with Crippen LogP contribution in [0.1, 0.15) is 121 Å². The third kappa shape index (κ3) is 5.01. The summed E-state index contributed by atoms with van der Waals surface area (Å²) >= 11 is 0. The minimum Gasteiger partial charge on any atom is -0.389 e. The van der Waals surface area contributed by atoms with Gasteiger partial charge >= 0.3 is 0 Å². The highest BCUT2D eigenvalue weighted by atomic mass is 16.7. The summed E-state index contributed by atoms with van der Waals surface area (Å²) in [6.07, 6.45) is 14.9. The molecule has 2 N–H and O–H groups in total. The maximum atomic E-state index is 13.1. The Morgan fingerprint density at radius 1 is 1.02 bits per heavy atom.